The molecule has 0 saturated heterocycles. The molecule has 6 nitrogen and oxygen atoms in total. The zero-order chi connectivity index (χ0) is 15.8. The van der Waals surface area contributed by atoms with Gasteiger partial charge in [-0.25, -0.2) is 18.4 Å². The van der Waals surface area contributed by atoms with Crippen LogP contribution in [0.5, 0.6) is 0 Å². The number of nitrogen functional groups attached to an aromatic ring is 1. The number of nitrogens with two attached hydrogens (primary N) is 1. The number of halogens is 2. The van der Waals surface area contributed by atoms with E-state index in [9.17, 15) is 8.42 Å². The smallest absolute Gasteiger partial charge is 0.263 e. The van der Waals surface area contributed by atoms with E-state index in [0.717, 1.165) is 0 Å². The van der Waals surface area contributed by atoms with Gasteiger partial charge in [-0.05, 0) is 69.0 Å². The van der Waals surface area contributed by atoms with Crippen LogP contribution in [0.3, 0.4) is 0 Å². The van der Waals surface area contributed by atoms with Crippen LogP contribution in [0.2, 0.25) is 0 Å². The molecule has 0 aliphatic heterocycles. The second-order valence-corrected chi connectivity index (χ2v) is 7.60. The topological polar surface area (TPSA) is 98.0 Å². The number of aryl methyl sites for hydroxylation is 2. The molecule has 9 heteroatoms. The Morgan fingerprint density at radius 3 is 2.29 bits per heavy atom. The SMILES string of the molecule is Cc1cc(N)cc(C)c1S(=O)(=O)Nc1ncc(Br)nc1Br. The molecule has 0 aliphatic carbocycles. The Balaban J connectivity index is 2.48. The Bertz CT molecular complexity index is 786. The highest BCUT2D eigenvalue weighted by Gasteiger charge is 2.22. The molecule has 0 fully saturated rings. The summed E-state index contributed by atoms with van der Waals surface area (Å²) >= 11 is 6.33. The number of anilines is 2. The van der Waals surface area contributed by atoms with Gasteiger partial charge in [0.1, 0.15) is 4.60 Å². The van der Waals surface area contributed by atoms with Crippen LogP contribution < -0.4 is 10.5 Å². The summed E-state index contributed by atoms with van der Waals surface area (Å²) in [5.74, 6) is 0.119. The number of hydrogen-bond donors (Lipinski definition) is 2. The molecule has 0 bridgehead atoms. The number of sulfonamides is 1. The Hall–Kier alpha value is -1.19. The summed E-state index contributed by atoms with van der Waals surface area (Å²) in [6.07, 6.45) is 1.41. The second-order valence-electron chi connectivity index (χ2n) is 4.42. The average Bonchev–Trinajstić information content (AvgIpc) is 2.30. The Kier molecular flexibility index (Phi) is 4.54. The van der Waals surface area contributed by atoms with Crippen LogP contribution >= 0.6 is 31.9 Å². The van der Waals surface area contributed by atoms with Crippen LogP contribution in [0.15, 0.2) is 32.4 Å². The molecule has 1 heterocycles. The van der Waals surface area contributed by atoms with E-state index < -0.39 is 10.0 Å². The molecule has 1 aromatic heterocycles. The van der Waals surface area contributed by atoms with E-state index in [2.05, 4.69) is 46.5 Å². The fourth-order valence-electron chi connectivity index (χ4n) is 2.00. The van der Waals surface area contributed by atoms with Gasteiger partial charge in [0.25, 0.3) is 10.0 Å². The number of nitrogens with zero attached hydrogens (tertiary/aromatic N) is 2. The van der Waals surface area contributed by atoms with Crippen molar-refractivity contribution in [2.75, 3.05) is 10.5 Å². The Labute approximate surface area is 139 Å². The van der Waals surface area contributed by atoms with Gasteiger partial charge in [0.15, 0.2) is 10.4 Å². The third-order valence-corrected chi connectivity index (χ3v) is 5.26. The minimum absolute atomic E-state index is 0.119. The largest absolute Gasteiger partial charge is 0.399 e. The molecular formula is C12H12Br2N4O2S. The van der Waals surface area contributed by atoms with Gasteiger partial charge in [0.05, 0.1) is 11.1 Å². The first kappa shape index (κ1) is 16.2. The maximum Gasteiger partial charge on any atom is 0.263 e. The average molecular weight is 436 g/mol. The lowest BCUT2D eigenvalue weighted by atomic mass is 10.1. The zero-order valence-electron chi connectivity index (χ0n) is 11.2. The first-order valence-electron chi connectivity index (χ1n) is 5.78. The number of rotatable bonds is 3. The predicted octanol–water partition coefficient (Wildman–Crippen LogP) is 3.00. The number of benzene rings is 1. The predicted molar refractivity (Wildman–Crippen MR) is 88.6 cm³/mol. The highest BCUT2D eigenvalue weighted by atomic mass is 79.9. The fourth-order valence-corrected chi connectivity index (χ4v) is 4.51. The maximum absolute atomic E-state index is 12.5. The van der Waals surface area contributed by atoms with Crippen molar-refractivity contribution in [3.63, 3.8) is 0 Å². The molecule has 112 valence electrons. The van der Waals surface area contributed by atoms with Crippen LogP contribution in [0.1, 0.15) is 11.1 Å². The van der Waals surface area contributed by atoms with Crippen LogP contribution in [-0.4, -0.2) is 18.4 Å². The Morgan fingerprint density at radius 2 is 1.76 bits per heavy atom. The van der Waals surface area contributed by atoms with Crippen LogP contribution in [-0.2, 0) is 10.0 Å². The van der Waals surface area contributed by atoms with Gasteiger partial charge in [-0.2, -0.15) is 0 Å². The number of aromatic nitrogens is 2. The zero-order valence-corrected chi connectivity index (χ0v) is 15.2. The molecule has 2 rings (SSSR count). The van der Waals surface area contributed by atoms with Gasteiger partial charge >= 0.3 is 0 Å². The van der Waals surface area contributed by atoms with Crippen LogP contribution in [0, 0.1) is 13.8 Å². The van der Waals surface area contributed by atoms with E-state index in [0.29, 0.717) is 26.0 Å². The van der Waals surface area contributed by atoms with Gasteiger partial charge in [0.2, 0.25) is 0 Å². The summed E-state index contributed by atoms with van der Waals surface area (Å²) in [6, 6.07) is 3.23. The van der Waals surface area contributed by atoms with E-state index in [1.165, 1.54) is 6.20 Å². The van der Waals surface area contributed by atoms with Crippen molar-refractivity contribution >= 4 is 53.4 Å². The summed E-state index contributed by atoms with van der Waals surface area (Å²) < 4.78 is 28.3. The van der Waals surface area contributed by atoms with Crippen LogP contribution in [0.4, 0.5) is 11.5 Å². The monoisotopic (exact) mass is 434 g/mol. The molecular weight excluding hydrogens is 424 g/mol. The van der Waals surface area contributed by atoms with E-state index in [4.69, 9.17) is 5.73 Å². The third kappa shape index (κ3) is 3.53. The van der Waals surface area contributed by atoms with Crippen molar-refractivity contribution in [1.29, 1.82) is 0 Å². The van der Waals surface area contributed by atoms with Crippen molar-refractivity contribution < 1.29 is 8.42 Å². The summed E-state index contributed by atoms with van der Waals surface area (Å²) in [4.78, 5) is 8.22. The molecule has 0 atom stereocenters. The van der Waals surface area contributed by atoms with Crippen molar-refractivity contribution in [1.82, 2.24) is 9.97 Å². The standard InChI is InChI=1S/C12H12Br2N4O2S/c1-6-3-8(15)4-7(2)10(6)21(19,20)18-12-11(14)17-9(13)5-16-12/h3-5H,15H2,1-2H3,(H,16,18). The lowest BCUT2D eigenvalue weighted by Gasteiger charge is -2.13. The van der Waals surface area contributed by atoms with E-state index in [1.54, 1.807) is 26.0 Å². The molecule has 2 aromatic rings. The molecule has 0 aliphatic rings. The van der Waals surface area contributed by atoms with E-state index in [1.807, 2.05) is 0 Å². The highest BCUT2D eigenvalue weighted by molar-refractivity contribution is 9.11. The molecule has 0 radical (unpaired) electrons. The molecule has 3 N–H and O–H groups in total. The highest BCUT2D eigenvalue weighted by Crippen LogP contribution is 2.27. The van der Waals surface area contributed by atoms with Crippen molar-refractivity contribution in [3.05, 3.63) is 38.7 Å². The van der Waals surface area contributed by atoms with E-state index >= 15 is 0 Å². The van der Waals surface area contributed by atoms with Gasteiger partial charge in [-0.3, -0.25) is 4.72 Å². The quantitative estimate of drug-likeness (QED) is 0.722. The Morgan fingerprint density at radius 1 is 1.19 bits per heavy atom. The normalized spacial score (nSPS) is 11.4. The van der Waals surface area contributed by atoms with Gasteiger partial charge in [-0.1, -0.05) is 0 Å². The minimum Gasteiger partial charge on any atom is -0.399 e. The lowest BCUT2D eigenvalue weighted by molar-refractivity contribution is 0.599. The number of nitrogens with one attached hydrogen (secondary N) is 1. The third-order valence-electron chi connectivity index (χ3n) is 2.68. The molecule has 1 aromatic carbocycles. The first-order chi connectivity index (χ1) is 9.70. The number of hydrogen-bond acceptors (Lipinski definition) is 5. The van der Waals surface area contributed by atoms with E-state index in [-0.39, 0.29) is 10.7 Å². The molecule has 0 spiro atoms. The lowest BCUT2D eigenvalue weighted by Crippen LogP contribution is -2.17. The van der Waals surface area contributed by atoms with Crippen molar-refractivity contribution in [3.8, 4) is 0 Å². The van der Waals surface area contributed by atoms with Crippen molar-refractivity contribution in [2.45, 2.75) is 18.7 Å². The maximum atomic E-state index is 12.5. The summed E-state index contributed by atoms with van der Waals surface area (Å²) in [5, 5.41) is 0. The van der Waals surface area contributed by atoms with Gasteiger partial charge in [-0.15, -0.1) is 0 Å². The molecule has 21 heavy (non-hydrogen) atoms. The minimum atomic E-state index is -3.78. The molecule has 0 amide bonds. The fraction of sp³-hybridized carbons (Fsp3) is 0.167. The van der Waals surface area contributed by atoms with Crippen molar-refractivity contribution in [2.24, 2.45) is 0 Å². The summed E-state index contributed by atoms with van der Waals surface area (Å²) in [5.41, 5.74) is 7.38. The molecule has 0 saturated carbocycles. The van der Waals surface area contributed by atoms with Gasteiger partial charge in [0, 0.05) is 5.69 Å². The van der Waals surface area contributed by atoms with Crippen LogP contribution in [0.25, 0.3) is 0 Å². The summed E-state index contributed by atoms with van der Waals surface area (Å²) in [7, 11) is -3.78. The van der Waals surface area contributed by atoms with Gasteiger partial charge < -0.3 is 5.73 Å². The first-order valence-corrected chi connectivity index (χ1v) is 8.85. The second kappa shape index (κ2) is 5.90. The molecule has 0 unspecified atom stereocenters. The summed E-state index contributed by atoms with van der Waals surface area (Å²) in [6.45, 7) is 3.39.